The third kappa shape index (κ3) is 4.62. The molecule has 0 saturated heterocycles. The Morgan fingerprint density at radius 2 is 1.78 bits per heavy atom. The number of halogens is 1. The molecule has 0 heterocycles. The maximum absolute atomic E-state index is 11.9. The number of amides is 2. The van der Waals surface area contributed by atoms with Crippen LogP contribution in [0, 0.1) is 0 Å². The van der Waals surface area contributed by atoms with Crippen molar-refractivity contribution in [3.05, 3.63) is 59.1 Å². The first-order valence-corrected chi connectivity index (χ1v) is 7.17. The third-order valence-electron chi connectivity index (χ3n) is 3.12. The van der Waals surface area contributed by atoms with Crippen LogP contribution in [0.2, 0.25) is 5.02 Å². The minimum atomic E-state index is -1.15. The first kappa shape index (κ1) is 16.6. The van der Waals surface area contributed by atoms with Gasteiger partial charge in [0.25, 0.3) is 0 Å². The summed E-state index contributed by atoms with van der Waals surface area (Å²) in [6.07, 6.45) is 0.144. The van der Waals surface area contributed by atoms with Crippen molar-refractivity contribution in [1.29, 1.82) is 0 Å². The molecular weight excluding hydrogens is 320 g/mol. The second-order valence-corrected chi connectivity index (χ2v) is 5.22. The Hall–Kier alpha value is -2.73. The maximum Gasteiger partial charge on any atom is 0.326 e. The first-order valence-electron chi connectivity index (χ1n) is 6.79. The molecule has 0 aliphatic carbocycles. The number of carbonyl (C=O) groups excluding carboxylic acids is 1. The number of anilines is 1. The number of nitrogens with one attached hydrogen (secondary N) is 2. The van der Waals surface area contributed by atoms with E-state index in [1.54, 1.807) is 30.3 Å². The van der Waals surface area contributed by atoms with Crippen molar-refractivity contribution < 1.29 is 19.8 Å². The summed E-state index contributed by atoms with van der Waals surface area (Å²) in [6, 6.07) is 11.6. The zero-order valence-corrected chi connectivity index (χ0v) is 12.7. The lowest BCUT2D eigenvalue weighted by Crippen LogP contribution is -2.44. The number of carboxylic acid groups (broad SMARTS) is 1. The Balaban J connectivity index is 2.03. The fraction of sp³-hybridized carbons (Fsp3) is 0.125. The predicted molar refractivity (Wildman–Crippen MR) is 86.8 cm³/mol. The molecule has 0 saturated carbocycles. The van der Waals surface area contributed by atoms with Crippen LogP contribution in [0.5, 0.6) is 5.75 Å². The summed E-state index contributed by atoms with van der Waals surface area (Å²) in [7, 11) is 0. The number of aliphatic carboxylic acids is 1. The molecule has 120 valence electrons. The van der Waals surface area contributed by atoms with E-state index < -0.39 is 18.0 Å². The van der Waals surface area contributed by atoms with Crippen molar-refractivity contribution in [2.24, 2.45) is 0 Å². The summed E-state index contributed by atoms with van der Waals surface area (Å²) in [5.41, 5.74) is 0.879. The highest BCUT2D eigenvalue weighted by atomic mass is 35.5. The molecule has 0 aromatic heterocycles. The van der Waals surface area contributed by atoms with E-state index in [0.717, 1.165) is 5.56 Å². The normalized spacial score (nSPS) is 11.5. The average Bonchev–Trinajstić information content (AvgIpc) is 2.52. The van der Waals surface area contributed by atoms with Gasteiger partial charge < -0.3 is 20.8 Å². The number of rotatable bonds is 5. The van der Waals surface area contributed by atoms with Gasteiger partial charge in [0.2, 0.25) is 0 Å². The summed E-state index contributed by atoms with van der Waals surface area (Å²) >= 11 is 5.74. The Bertz CT molecular complexity index is 706. The van der Waals surface area contributed by atoms with Gasteiger partial charge in [0.15, 0.2) is 5.75 Å². The van der Waals surface area contributed by atoms with Crippen molar-refractivity contribution in [1.82, 2.24) is 5.32 Å². The molecule has 2 rings (SSSR count). The highest BCUT2D eigenvalue weighted by molar-refractivity contribution is 6.32. The van der Waals surface area contributed by atoms with Crippen molar-refractivity contribution in [3.8, 4) is 5.75 Å². The van der Waals surface area contributed by atoms with E-state index in [0.29, 0.717) is 0 Å². The molecule has 0 spiro atoms. The third-order valence-corrected chi connectivity index (χ3v) is 3.43. The van der Waals surface area contributed by atoms with Crippen molar-refractivity contribution in [2.45, 2.75) is 12.5 Å². The quantitative estimate of drug-likeness (QED) is 0.632. The van der Waals surface area contributed by atoms with Crippen molar-refractivity contribution >= 4 is 29.3 Å². The number of phenols is 1. The smallest absolute Gasteiger partial charge is 0.326 e. The molecule has 2 aromatic carbocycles. The van der Waals surface area contributed by atoms with E-state index in [1.165, 1.54) is 12.1 Å². The fourth-order valence-corrected chi connectivity index (χ4v) is 2.16. The van der Waals surface area contributed by atoms with Crippen LogP contribution in [0.4, 0.5) is 10.5 Å². The molecule has 6 nitrogen and oxygen atoms in total. The van der Waals surface area contributed by atoms with E-state index in [-0.39, 0.29) is 22.9 Å². The van der Waals surface area contributed by atoms with E-state index in [9.17, 15) is 19.8 Å². The van der Waals surface area contributed by atoms with Crippen LogP contribution in [0.25, 0.3) is 0 Å². The predicted octanol–water partition coefficient (Wildman–Crippen LogP) is 2.86. The zero-order chi connectivity index (χ0) is 16.8. The van der Waals surface area contributed by atoms with Gasteiger partial charge in [-0.15, -0.1) is 0 Å². The SMILES string of the molecule is O=C(Nc1cccc(Cl)c1O)NC(Cc1ccccc1)C(=O)O. The lowest BCUT2D eigenvalue weighted by atomic mass is 10.1. The summed E-state index contributed by atoms with van der Waals surface area (Å²) < 4.78 is 0. The van der Waals surface area contributed by atoms with Gasteiger partial charge in [-0.05, 0) is 17.7 Å². The molecule has 4 N–H and O–H groups in total. The lowest BCUT2D eigenvalue weighted by molar-refractivity contribution is -0.139. The Morgan fingerprint density at radius 3 is 2.43 bits per heavy atom. The number of carbonyl (C=O) groups is 2. The van der Waals surface area contributed by atoms with Crippen molar-refractivity contribution in [3.63, 3.8) is 0 Å². The van der Waals surface area contributed by atoms with Crippen LogP contribution >= 0.6 is 11.6 Å². The molecule has 0 fully saturated rings. The molecule has 0 bridgehead atoms. The number of hydrogen-bond acceptors (Lipinski definition) is 3. The molecule has 2 aromatic rings. The standard InChI is InChI=1S/C16H15ClN2O4/c17-11-7-4-8-12(14(11)20)18-16(23)19-13(15(21)22)9-10-5-2-1-3-6-10/h1-8,13,20H,9H2,(H,21,22)(H2,18,19,23). The van der Waals surface area contributed by atoms with Crippen LogP contribution in [0.15, 0.2) is 48.5 Å². The largest absolute Gasteiger partial charge is 0.504 e. The molecule has 1 unspecified atom stereocenters. The van der Waals surface area contributed by atoms with Crippen LogP contribution < -0.4 is 10.6 Å². The van der Waals surface area contributed by atoms with E-state index in [4.69, 9.17) is 11.6 Å². The molecule has 0 radical (unpaired) electrons. The maximum atomic E-state index is 11.9. The number of hydrogen-bond donors (Lipinski definition) is 4. The highest BCUT2D eigenvalue weighted by Gasteiger charge is 2.21. The minimum Gasteiger partial charge on any atom is -0.504 e. The van der Waals surface area contributed by atoms with Gasteiger partial charge in [-0.2, -0.15) is 0 Å². The van der Waals surface area contributed by atoms with Gasteiger partial charge >= 0.3 is 12.0 Å². The first-order chi connectivity index (χ1) is 11.0. The Labute approximate surface area is 137 Å². The average molecular weight is 335 g/mol. The number of urea groups is 1. The fourth-order valence-electron chi connectivity index (χ4n) is 1.98. The monoisotopic (exact) mass is 334 g/mol. The summed E-state index contributed by atoms with van der Waals surface area (Å²) in [5, 5.41) is 23.8. The van der Waals surface area contributed by atoms with E-state index in [2.05, 4.69) is 10.6 Å². The second kappa shape index (κ2) is 7.51. The van der Waals surface area contributed by atoms with Gasteiger partial charge in [0, 0.05) is 6.42 Å². The van der Waals surface area contributed by atoms with Gasteiger partial charge in [-0.3, -0.25) is 0 Å². The number of carboxylic acids is 1. The molecule has 0 aliphatic rings. The molecule has 1 atom stereocenters. The Morgan fingerprint density at radius 1 is 1.09 bits per heavy atom. The van der Waals surface area contributed by atoms with Crippen LogP contribution in [-0.4, -0.2) is 28.3 Å². The topological polar surface area (TPSA) is 98.7 Å². The number of aromatic hydroxyl groups is 1. The van der Waals surface area contributed by atoms with Gasteiger partial charge in [0.1, 0.15) is 6.04 Å². The summed E-state index contributed by atoms with van der Waals surface area (Å²) in [5.74, 6) is -1.43. The minimum absolute atomic E-state index is 0.0851. The second-order valence-electron chi connectivity index (χ2n) is 4.82. The van der Waals surface area contributed by atoms with Crippen molar-refractivity contribution in [2.75, 3.05) is 5.32 Å². The van der Waals surface area contributed by atoms with E-state index in [1.807, 2.05) is 6.07 Å². The molecule has 7 heteroatoms. The van der Waals surface area contributed by atoms with Gasteiger partial charge in [0.05, 0.1) is 10.7 Å². The number of benzene rings is 2. The van der Waals surface area contributed by atoms with E-state index >= 15 is 0 Å². The number of para-hydroxylation sites is 1. The highest BCUT2D eigenvalue weighted by Crippen LogP contribution is 2.30. The zero-order valence-electron chi connectivity index (χ0n) is 12.0. The molecule has 0 aliphatic heterocycles. The lowest BCUT2D eigenvalue weighted by Gasteiger charge is -2.16. The summed E-state index contributed by atoms with van der Waals surface area (Å²) in [4.78, 5) is 23.2. The molecule has 2 amide bonds. The Kier molecular flexibility index (Phi) is 5.43. The van der Waals surface area contributed by atoms with Crippen LogP contribution in [0.1, 0.15) is 5.56 Å². The number of phenolic OH excluding ortho intramolecular Hbond substituents is 1. The summed E-state index contributed by atoms with van der Waals surface area (Å²) in [6.45, 7) is 0. The molecular formula is C16H15ClN2O4. The van der Waals surface area contributed by atoms with Crippen LogP contribution in [0.3, 0.4) is 0 Å². The van der Waals surface area contributed by atoms with Gasteiger partial charge in [-0.1, -0.05) is 48.0 Å². The van der Waals surface area contributed by atoms with Gasteiger partial charge in [-0.25, -0.2) is 9.59 Å². The van der Waals surface area contributed by atoms with Crippen LogP contribution in [-0.2, 0) is 11.2 Å². The molecule has 23 heavy (non-hydrogen) atoms.